The van der Waals surface area contributed by atoms with Crippen molar-refractivity contribution in [1.29, 1.82) is 0 Å². The second-order valence-electron chi connectivity index (χ2n) is 6.78. The fourth-order valence-electron chi connectivity index (χ4n) is 2.68. The Hall–Kier alpha value is -2.26. The number of aryl methyl sites for hydroxylation is 2. The van der Waals surface area contributed by atoms with Gasteiger partial charge in [0, 0.05) is 27.7 Å². The van der Waals surface area contributed by atoms with Crippen LogP contribution < -0.4 is 5.32 Å². The molecule has 3 aromatic rings. The van der Waals surface area contributed by atoms with Crippen LogP contribution in [-0.4, -0.2) is 36.9 Å². The molecule has 0 saturated carbocycles. The van der Waals surface area contributed by atoms with Gasteiger partial charge < -0.3 is 5.32 Å². The van der Waals surface area contributed by atoms with Crippen molar-refractivity contribution in [2.24, 2.45) is 0 Å². The van der Waals surface area contributed by atoms with Gasteiger partial charge in [0.25, 0.3) is 5.91 Å². The van der Waals surface area contributed by atoms with Crippen LogP contribution in [0.3, 0.4) is 0 Å². The third-order valence-electron chi connectivity index (χ3n) is 4.34. The minimum absolute atomic E-state index is 0.0589. The summed E-state index contributed by atoms with van der Waals surface area (Å²) >= 11 is 4.91. The van der Waals surface area contributed by atoms with Gasteiger partial charge in [-0.15, -0.1) is 5.10 Å². The fraction of sp³-hybridized carbons (Fsp3) is 0.350. The summed E-state index contributed by atoms with van der Waals surface area (Å²) in [7, 11) is 0. The molecule has 0 aliphatic heterocycles. The van der Waals surface area contributed by atoms with Crippen molar-refractivity contribution >= 4 is 33.6 Å². The molecule has 0 aliphatic carbocycles. The summed E-state index contributed by atoms with van der Waals surface area (Å²) < 4.78 is 2.67. The number of carbonyl (C=O) groups is 1. The maximum Gasteiger partial charge on any atom is 0.274 e. The van der Waals surface area contributed by atoms with Crippen molar-refractivity contribution < 1.29 is 4.79 Å². The first-order valence-electron chi connectivity index (χ1n) is 9.33. The van der Waals surface area contributed by atoms with Crippen molar-refractivity contribution in [3.63, 3.8) is 0 Å². The lowest BCUT2D eigenvalue weighted by Gasteiger charge is -2.12. The molecular formula is C20H23BrN6OS. The van der Waals surface area contributed by atoms with Crippen molar-refractivity contribution in [3.05, 3.63) is 57.6 Å². The van der Waals surface area contributed by atoms with E-state index in [1.54, 1.807) is 4.68 Å². The monoisotopic (exact) mass is 474 g/mol. The Labute approximate surface area is 182 Å². The molecule has 0 radical (unpaired) electrons. The number of nitrogens with zero attached hydrogens (tertiary/aromatic N) is 5. The molecule has 1 amide bonds. The van der Waals surface area contributed by atoms with Gasteiger partial charge in [0.1, 0.15) is 0 Å². The van der Waals surface area contributed by atoms with E-state index >= 15 is 0 Å². The first-order valence-corrected chi connectivity index (χ1v) is 11.1. The molecule has 3 rings (SSSR count). The highest BCUT2D eigenvalue weighted by atomic mass is 79.9. The molecule has 2 aromatic heterocycles. The van der Waals surface area contributed by atoms with E-state index in [9.17, 15) is 4.79 Å². The van der Waals surface area contributed by atoms with Crippen molar-refractivity contribution in [2.75, 3.05) is 0 Å². The van der Waals surface area contributed by atoms with Gasteiger partial charge in [0.05, 0.1) is 11.4 Å². The van der Waals surface area contributed by atoms with Gasteiger partial charge in [-0.25, -0.2) is 14.6 Å². The van der Waals surface area contributed by atoms with E-state index in [2.05, 4.69) is 41.5 Å². The van der Waals surface area contributed by atoms with Crippen LogP contribution >= 0.6 is 27.7 Å². The standard InChI is InChI=1S/C20H23BrN6OS/c1-5-12(2)22-19(28)18-17(11-29-20-23-13(3)10-14(4)24-20)27(26-25-18)16-8-6-15(21)7-9-16/h6-10,12H,5,11H2,1-4H3,(H,22,28). The number of aromatic nitrogens is 5. The SMILES string of the molecule is CCC(C)NC(=O)c1nnn(-c2ccc(Br)cc2)c1CSc1nc(C)cc(C)n1. The zero-order chi connectivity index (χ0) is 21.0. The van der Waals surface area contributed by atoms with E-state index in [-0.39, 0.29) is 11.9 Å². The first-order chi connectivity index (χ1) is 13.9. The number of thioether (sulfide) groups is 1. The predicted octanol–water partition coefficient (Wildman–Crippen LogP) is 4.26. The van der Waals surface area contributed by atoms with Gasteiger partial charge in [-0.1, -0.05) is 39.8 Å². The zero-order valence-electron chi connectivity index (χ0n) is 16.8. The van der Waals surface area contributed by atoms with E-state index in [4.69, 9.17) is 0 Å². The molecule has 1 atom stereocenters. The number of benzene rings is 1. The number of nitrogens with one attached hydrogen (secondary N) is 1. The second kappa shape index (κ2) is 9.49. The predicted molar refractivity (Wildman–Crippen MR) is 117 cm³/mol. The van der Waals surface area contributed by atoms with Gasteiger partial charge in [-0.05, 0) is 57.5 Å². The largest absolute Gasteiger partial charge is 0.348 e. The Bertz CT molecular complexity index is 984. The first kappa shape index (κ1) is 21.4. The summed E-state index contributed by atoms with van der Waals surface area (Å²) in [4.78, 5) is 21.7. The molecule has 1 unspecified atom stereocenters. The van der Waals surface area contributed by atoms with E-state index in [1.165, 1.54) is 11.8 Å². The van der Waals surface area contributed by atoms with Gasteiger partial charge in [-0.2, -0.15) is 0 Å². The fourth-order valence-corrected chi connectivity index (χ4v) is 3.89. The molecule has 152 valence electrons. The number of carbonyl (C=O) groups excluding carboxylic acids is 1. The molecule has 0 saturated heterocycles. The van der Waals surface area contributed by atoms with Crippen LogP contribution in [0.25, 0.3) is 5.69 Å². The van der Waals surface area contributed by atoms with E-state index < -0.39 is 0 Å². The average Bonchev–Trinajstić information content (AvgIpc) is 3.10. The third-order valence-corrected chi connectivity index (χ3v) is 5.73. The summed E-state index contributed by atoms with van der Waals surface area (Å²) in [5, 5.41) is 12.1. The minimum atomic E-state index is -0.223. The van der Waals surface area contributed by atoms with Crippen LogP contribution in [0.5, 0.6) is 0 Å². The summed E-state index contributed by atoms with van der Waals surface area (Å²) in [5.41, 5.74) is 3.69. The molecule has 1 aromatic carbocycles. The number of halogens is 1. The molecule has 1 N–H and O–H groups in total. The zero-order valence-corrected chi connectivity index (χ0v) is 19.2. The van der Waals surface area contributed by atoms with Crippen molar-refractivity contribution in [1.82, 2.24) is 30.3 Å². The topological polar surface area (TPSA) is 85.6 Å². The van der Waals surface area contributed by atoms with Crippen LogP contribution in [-0.2, 0) is 5.75 Å². The van der Waals surface area contributed by atoms with Gasteiger partial charge in [0.15, 0.2) is 10.9 Å². The Morgan fingerprint density at radius 3 is 2.48 bits per heavy atom. The lowest BCUT2D eigenvalue weighted by Crippen LogP contribution is -2.32. The number of hydrogen-bond donors (Lipinski definition) is 1. The van der Waals surface area contributed by atoms with Crippen LogP contribution in [0.4, 0.5) is 0 Å². The smallest absolute Gasteiger partial charge is 0.274 e. The Kier molecular flexibility index (Phi) is 7.02. The molecule has 0 spiro atoms. The molecule has 9 heteroatoms. The molecule has 0 aliphatic rings. The Morgan fingerprint density at radius 1 is 1.21 bits per heavy atom. The summed E-state index contributed by atoms with van der Waals surface area (Å²) in [6, 6.07) is 9.71. The normalized spacial score (nSPS) is 12.0. The highest BCUT2D eigenvalue weighted by molar-refractivity contribution is 9.10. The molecule has 0 fully saturated rings. The Morgan fingerprint density at radius 2 is 1.86 bits per heavy atom. The summed E-state index contributed by atoms with van der Waals surface area (Å²) in [6.45, 7) is 7.88. The van der Waals surface area contributed by atoms with Gasteiger partial charge in [-0.3, -0.25) is 4.79 Å². The summed E-state index contributed by atoms with van der Waals surface area (Å²) in [5.74, 6) is 0.245. The molecular weight excluding hydrogens is 452 g/mol. The quantitative estimate of drug-likeness (QED) is 0.406. The number of amides is 1. The highest BCUT2D eigenvalue weighted by Gasteiger charge is 2.22. The minimum Gasteiger partial charge on any atom is -0.348 e. The van der Waals surface area contributed by atoms with Crippen LogP contribution in [0.1, 0.15) is 47.8 Å². The van der Waals surface area contributed by atoms with Gasteiger partial charge >= 0.3 is 0 Å². The van der Waals surface area contributed by atoms with Crippen LogP contribution in [0, 0.1) is 13.8 Å². The summed E-state index contributed by atoms with van der Waals surface area (Å²) in [6.07, 6.45) is 0.840. The number of rotatable bonds is 7. The molecule has 29 heavy (non-hydrogen) atoms. The number of hydrogen-bond acceptors (Lipinski definition) is 6. The maximum atomic E-state index is 12.8. The lowest BCUT2D eigenvalue weighted by molar-refractivity contribution is 0.0933. The molecule has 2 heterocycles. The van der Waals surface area contributed by atoms with E-state index in [0.29, 0.717) is 22.3 Å². The lowest BCUT2D eigenvalue weighted by atomic mass is 10.2. The average molecular weight is 475 g/mol. The third kappa shape index (κ3) is 5.42. The van der Waals surface area contributed by atoms with E-state index in [0.717, 1.165) is 28.0 Å². The molecule has 7 nitrogen and oxygen atoms in total. The van der Waals surface area contributed by atoms with E-state index in [1.807, 2.05) is 58.0 Å². The van der Waals surface area contributed by atoms with Gasteiger partial charge in [0.2, 0.25) is 0 Å². The van der Waals surface area contributed by atoms with Crippen LogP contribution in [0.2, 0.25) is 0 Å². The Balaban J connectivity index is 1.94. The van der Waals surface area contributed by atoms with Crippen LogP contribution in [0.15, 0.2) is 40.0 Å². The highest BCUT2D eigenvalue weighted by Crippen LogP contribution is 2.24. The molecule has 0 bridgehead atoms. The maximum absolute atomic E-state index is 12.8. The van der Waals surface area contributed by atoms with Crippen molar-refractivity contribution in [3.8, 4) is 5.69 Å². The van der Waals surface area contributed by atoms with Crippen molar-refractivity contribution in [2.45, 2.75) is 51.1 Å². The second-order valence-corrected chi connectivity index (χ2v) is 8.64.